The molecule has 2 aromatic rings. The molecule has 4 N–H and O–H groups in total. The van der Waals surface area contributed by atoms with Crippen molar-refractivity contribution in [2.75, 3.05) is 10.6 Å². The molecule has 0 radical (unpaired) electrons. The first kappa shape index (κ1) is 8.16. The molecule has 0 unspecified atom stereocenters. The van der Waals surface area contributed by atoms with E-state index in [-0.39, 0.29) is 0 Å². The summed E-state index contributed by atoms with van der Waals surface area (Å²) < 4.78 is 0. The van der Waals surface area contributed by atoms with E-state index in [4.69, 9.17) is 0 Å². The number of aromatic amines is 2. The zero-order chi connectivity index (χ0) is 9.80. The number of carbonyl (C=O) groups is 1. The SMILES string of the molecule is O=C(Nc1cn[nH]n1)Nc1cn[nH]n1. The molecular formula is C5H6N8O. The van der Waals surface area contributed by atoms with Crippen LogP contribution in [0.1, 0.15) is 0 Å². The van der Waals surface area contributed by atoms with Crippen LogP contribution in [0.4, 0.5) is 16.4 Å². The van der Waals surface area contributed by atoms with Crippen molar-refractivity contribution in [1.82, 2.24) is 30.8 Å². The van der Waals surface area contributed by atoms with E-state index in [2.05, 4.69) is 41.5 Å². The van der Waals surface area contributed by atoms with Gasteiger partial charge < -0.3 is 0 Å². The second-order valence-electron chi connectivity index (χ2n) is 2.29. The number of urea groups is 1. The molecule has 2 rings (SSSR count). The lowest BCUT2D eigenvalue weighted by molar-refractivity contribution is 0.262. The molecule has 0 spiro atoms. The molecule has 2 amide bonds. The molecule has 0 saturated carbocycles. The van der Waals surface area contributed by atoms with Crippen LogP contribution in [0.3, 0.4) is 0 Å². The molecule has 0 aliphatic rings. The van der Waals surface area contributed by atoms with Gasteiger partial charge in [-0.25, -0.2) is 4.79 Å². The fourth-order valence-electron chi connectivity index (χ4n) is 0.788. The summed E-state index contributed by atoms with van der Waals surface area (Å²) in [6.45, 7) is 0. The summed E-state index contributed by atoms with van der Waals surface area (Å²) in [5.41, 5.74) is 0. The van der Waals surface area contributed by atoms with Gasteiger partial charge in [-0.3, -0.25) is 10.6 Å². The maximum Gasteiger partial charge on any atom is 0.326 e. The van der Waals surface area contributed by atoms with Gasteiger partial charge in [-0.1, -0.05) is 0 Å². The molecule has 14 heavy (non-hydrogen) atoms. The fraction of sp³-hybridized carbons (Fsp3) is 0. The third-order valence-electron chi connectivity index (χ3n) is 1.31. The van der Waals surface area contributed by atoms with Crippen molar-refractivity contribution in [2.24, 2.45) is 0 Å². The van der Waals surface area contributed by atoms with Gasteiger partial charge in [0.15, 0.2) is 11.6 Å². The molecule has 0 atom stereocenters. The Balaban J connectivity index is 1.91. The van der Waals surface area contributed by atoms with Gasteiger partial charge in [0, 0.05) is 0 Å². The minimum absolute atomic E-state index is 0.325. The van der Waals surface area contributed by atoms with Crippen molar-refractivity contribution in [3.8, 4) is 0 Å². The number of hydrogen-bond acceptors (Lipinski definition) is 5. The van der Waals surface area contributed by atoms with Crippen LogP contribution in [0.5, 0.6) is 0 Å². The fourth-order valence-corrected chi connectivity index (χ4v) is 0.788. The molecule has 2 aromatic heterocycles. The standard InChI is InChI=1S/C5H6N8O/c14-5(8-3-1-6-12-10-3)9-4-2-7-13-11-4/h1-2H,(H4,6,7,8,9,10,11,12,13,14). The first-order valence-corrected chi connectivity index (χ1v) is 3.64. The van der Waals surface area contributed by atoms with Crippen molar-refractivity contribution >= 4 is 17.7 Å². The summed E-state index contributed by atoms with van der Waals surface area (Å²) in [4.78, 5) is 11.2. The van der Waals surface area contributed by atoms with E-state index in [1.165, 1.54) is 12.4 Å². The number of amides is 2. The number of carbonyl (C=O) groups excluding carboxylic acids is 1. The highest BCUT2D eigenvalue weighted by molar-refractivity contribution is 5.98. The Labute approximate surface area is 77.3 Å². The molecule has 72 valence electrons. The number of nitrogens with one attached hydrogen (secondary N) is 4. The summed E-state index contributed by atoms with van der Waals surface area (Å²) in [6.07, 6.45) is 2.75. The summed E-state index contributed by atoms with van der Waals surface area (Å²) in [7, 11) is 0. The Hall–Kier alpha value is -2.45. The van der Waals surface area contributed by atoms with Gasteiger partial charge in [0.05, 0.1) is 12.4 Å². The number of H-pyrrole nitrogens is 2. The maximum atomic E-state index is 11.2. The lowest BCUT2D eigenvalue weighted by Crippen LogP contribution is -2.19. The van der Waals surface area contributed by atoms with Gasteiger partial charge in [-0.15, -0.1) is 10.2 Å². The average molecular weight is 194 g/mol. The number of nitrogens with zero attached hydrogens (tertiary/aromatic N) is 4. The van der Waals surface area contributed by atoms with E-state index in [1.54, 1.807) is 0 Å². The molecule has 2 heterocycles. The Bertz CT molecular complexity index is 353. The zero-order valence-electron chi connectivity index (χ0n) is 6.85. The van der Waals surface area contributed by atoms with Crippen LogP contribution in [0, 0.1) is 0 Å². The third-order valence-corrected chi connectivity index (χ3v) is 1.31. The van der Waals surface area contributed by atoms with E-state index >= 15 is 0 Å². The zero-order valence-corrected chi connectivity index (χ0v) is 6.85. The van der Waals surface area contributed by atoms with Gasteiger partial charge in [-0.05, 0) is 0 Å². The van der Waals surface area contributed by atoms with Crippen molar-refractivity contribution in [3.63, 3.8) is 0 Å². The molecule has 0 aliphatic carbocycles. The van der Waals surface area contributed by atoms with Crippen LogP contribution in [-0.4, -0.2) is 36.9 Å². The van der Waals surface area contributed by atoms with Crippen LogP contribution in [0.25, 0.3) is 0 Å². The lowest BCUT2D eigenvalue weighted by atomic mass is 10.7. The van der Waals surface area contributed by atoms with E-state index in [0.717, 1.165) is 0 Å². The second kappa shape index (κ2) is 3.51. The molecule has 0 bridgehead atoms. The lowest BCUT2D eigenvalue weighted by Gasteiger charge is -1.99. The maximum absolute atomic E-state index is 11.2. The highest BCUT2D eigenvalue weighted by Crippen LogP contribution is 1.99. The van der Waals surface area contributed by atoms with Gasteiger partial charge in [-0.2, -0.15) is 20.6 Å². The van der Waals surface area contributed by atoms with Crippen molar-refractivity contribution in [2.45, 2.75) is 0 Å². The monoisotopic (exact) mass is 194 g/mol. The highest BCUT2D eigenvalue weighted by atomic mass is 16.2. The molecule has 9 heteroatoms. The highest BCUT2D eigenvalue weighted by Gasteiger charge is 2.04. The Kier molecular flexibility index (Phi) is 2.05. The van der Waals surface area contributed by atoms with Crippen molar-refractivity contribution in [3.05, 3.63) is 12.4 Å². The normalized spacial score (nSPS) is 9.71. The van der Waals surface area contributed by atoms with Crippen LogP contribution in [-0.2, 0) is 0 Å². The number of aromatic nitrogens is 6. The van der Waals surface area contributed by atoms with E-state index < -0.39 is 6.03 Å². The predicted octanol–water partition coefficient (Wildman–Crippen LogP) is -0.433. The molecule has 9 nitrogen and oxygen atoms in total. The number of anilines is 2. The van der Waals surface area contributed by atoms with Crippen LogP contribution in [0.15, 0.2) is 12.4 Å². The van der Waals surface area contributed by atoms with Crippen LogP contribution < -0.4 is 10.6 Å². The summed E-state index contributed by atoms with van der Waals surface area (Å²) in [6, 6.07) is -0.465. The third kappa shape index (κ3) is 1.83. The van der Waals surface area contributed by atoms with Gasteiger partial charge in [0.25, 0.3) is 0 Å². The van der Waals surface area contributed by atoms with Gasteiger partial charge in [0.2, 0.25) is 0 Å². The van der Waals surface area contributed by atoms with E-state index in [9.17, 15) is 4.79 Å². The number of rotatable bonds is 2. The minimum atomic E-state index is -0.465. The Morgan fingerprint density at radius 1 is 1.07 bits per heavy atom. The van der Waals surface area contributed by atoms with E-state index in [1.807, 2.05) is 0 Å². The van der Waals surface area contributed by atoms with E-state index in [0.29, 0.717) is 11.6 Å². The minimum Gasteiger partial charge on any atom is -0.289 e. The average Bonchev–Trinajstić information content (AvgIpc) is 2.76. The Morgan fingerprint density at radius 3 is 1.93 bits per heavy atom. The van der Waals surface area contributed by atoms with Crippen molar-refractivity contribution in [1.29, 1.82) is 0 Å². The molecule has 0 fully saturated rings. The Morgan fingerprint density at radius 2 is 1.57 bits per heavy atom. The molecular weight excluding hydrogens is 188 g/mol. The summed E-state index contributed by atoms with van der Waals surface area (Å²) >= 11 is 0. The van der Waals surface area contributed by atoms with Crippen molar-refractivity contribution < 1.29 is 4.79 Å². The molecule has 0 saturated heterocycles. The van der Waals surface area contributed by atoms with Crippen LogP contribution >= 0.6 is 0 Å². The summed E-state index contributed by atoms with van der Waals surface area (Å²) in [5.74, 6) is 0.650. The first-order valence-electron chi connectivity index (χ1n) is 3.64. The summed E-state index contributed by atoms with van der Waals surface area (Å²) in [5, 5.41) is 23.9. The van der Waals surface area contributed by atoms with Gasteiger partial charge in [0.1, 0.15) is 0 Å². The largest absolute Gasteiger partial charge is 0.326 e. The quantitative estimate of drug-likeness (QED) is 0.516. The van der Waals surface area contributed by atoms with Crippen LogP contribution in [0.2, 0.25) is 0 Å². The number of hydrogen-bond donors (Lipinski definition) is 4. The molecule has 0 aromatic carbocycles. The smallest absolute Gasteiger partial charge is 0.289 e. The molecule has 0 aliphatic heterocycles. The topological polar surface area (TPSA) is 124 Å². The predicted molar refractivity (Wildman–Crippen MR) is 45.4 cm³/mol. The second-order valence-corrected chi connectivity index (χ2v) is 2.29. The first-order chi connectivity index (χ1) is 6.84. The van der Waals surface area contributed by atoms with Gasteiger partial charge >= 0.3 is 6.03 Å².